The third-order valence-electron chi connectivity index (χ3n) is 4.62. The number of benzene rings is 2. The molecule has 1 amide bonds. The van der Waals surface area contributed by atoms with Crippen LogP contribution in [0.4, 0.5) is 5.69 Å². The van der Waals surface area contributed by atoms with Gasteiger partial charge < -0.3 is 19.5 Å². The number of carbonyl (C=O) groups excluding carboxylic acids is 1. The molecule has 0 radical (unpaired) electrons. The molecule has 0 aliphatic carbocycles. The maximum atomic E-state index is 13.1. The Hall–Kier alpha value is -3.78. The number of hydrogen-bond donors (Lipinski definition) is 2. The van der Waals surface area contributed by atoms with Gasteiger partial charge in [-0.3, -0.25) is 15.1 Å². The second-order valence-electron chi connectivity index (χ2n) is 6.97. The molecule has 0 aliphatic heterocycles. The normalized spacial score (nSPS) is 11.0. The van der Waals surface area contributed by atoms with E-state index in [9.17, 15) is 4.79 Å². The molecule has 178 valence electrons. The molecule has 0 saturated carbocycles. The van der Waals surface area contributed by atoms with E-state index in [0.717, 1.165) is 5.56 Å². The summed E-state index contributed by atoms with van der Waals surface area (Å²) in [5, 5.41) is 6.46. The van der Waals surface area contributed by atoms with Crippen molar-refractivity contribution in [2.24, 2.45) is 4.99 Å². The molecule has 0 saturated heterocycles. The Kier molecular flexibility index (Phi) is 9.11. The van der Waals surface area contributed by atoms with Crippen LogP contribution in [0.15, 0.2) is 65.9 Å². The van der Waals surface area contributed by atoms with E-state index in [0.29, 0.717) is 53.3 Å². The van der Waals surface area contributed by atoms with Crippen LogP contribution in [0.3, 0.4) is 0 Å². The molecular formula is C25H27ClN4O4. The van der Waals surface area contributed by atoms with Gasteiger partial charge >= 0.3 is 0 Å². The zero-order valence-electron chi connectivity index (χ0n) is 19.3. The fourth-order valence-electron chi connectivity index (χ4n) is 3.05. The summed E-state index contributed by atoms with van der Waals surface area (Å²) in [6.07, 6.45) is 3.37. The highest BCUT2D eigenvalue weighted by molar-refractivity contribution is 6.31. The Labute approximate surface area is 203 Å². The number of rotatable bonds is 9. The van der Waals surface area contributed by atoms with Gasteiger partial charge in [-0.1, -0.05) is 11.6 Å². The molecule has 1 heterocycles. The van der Waals surface area contributed by atoms with Crippen molar-refractivity contribution >= 4 is 29.2 Å². The van der Waals surface area contributed by atoms with Crippen molar-refractivity contribution in [1.29, 1.82) is 0 Å². The minimum Gasteiger partial charge on any atom is -0.495 e. The zero-order valence-corrected chi connectivity index (χ0v) is 20.1. The molecule has 8 nitrogen and oxygen atoms in total. The van der Waals surface area contributed by atoms with Crippen LogP contribution in [0.1, 0.15) is 29.8 Å². The highest BCUT2D eigenvalue weighted by atomic mass is 35.5. The number of anilines is 1. The summed E-state index contributed by atoms with van der Waals surface area (Å²) in [5.41, 5.74) is 1.88. The summed E-state index contributed by atoms with van der Waals surface area (Å²) in [4.78, 5) is 21.7. The second-order valence-corrected chi connectivity index (χ2v) is 7.41. The summed E-state index contributed by atoms with van der Waals surface area (Å²) >= 11 is 6.16. The lowest BCUT2D eigenvalue weighted by Gasteiger charge is -2.16. The first-order valence-corrected chi connectivity index (χ1v) is 11.2. The van der Waals surface area contributed by atoms with Crippen LogP contribution in [-0.4, -0.2) is 37.2 Å². The summed E-state index contributed by atoms with van der Waals surface area (Å²) in [7, 11) is 1.55. The Balaban J connectivity index is 1.88. The first-order valence-electron chi connectivity index (χ1n) is 10.8. The summed E-state index contributed by atoms with van der Waals surface area (Å²) in [5.74, 6) is 1.49. The molecule has 0 unspecified atom stereocenters. The van der Waals surface area contributed by atoms with Gasteiger partial charge in [0.25, 0.3) is 5.91 Å². The maximum Gasteiger partial charge on any atom is 0.258 e. The Morgan fingerprint density at radius 3 is 2.38 bits per heavy atom. The molecule has 0 atom stereocenters. The first kappa shape index (κ1) is 24.9. The highest BCUT2D eigenvalue weighted by Gasteiger charge is 2.15. The molecular weight excluding hydrogens is 456 g/mol. The van der Waals surface area contributed by atoms with Crippen LogP contribution in [0.25, 0.3) is 0 Å². The number of amides is 1. The van der Waals surface area contributed by atoms with Crippen LogP contribution in [0.2, 0.25) is 5.02 Å². The van der Waals surface area contributed by atoms with Crippen molar-refractivity contribution in [3.05, 3.63) is 77.1 Å². The number of methoxy groups -OCH3 is 1. The largest absolute Gasteiger partial charge is 0.495 e. The molecule has 0 fully saturated rings. The molecule has 2 aromatic carbocycles. The number of ether oxygens (including phenoxy) is 3. The zero-order chi connectivity index (χ0) is 24.3. The molecule has 34 heavy (non-hydrogen) atoms. The number of halogens is 1. The number of carbonyl (C=O) groups is 1. The van der Waals surface area contributed by atoms with Gasteiger partial charge in [-0.2, -0.15) is 0 Å². The molecule has 1 aromatic heterocycles. The second kappa shape index (κ2) is 12.5. The first-order chi connectivity index (χ1) is 16.5. The predicted octanol–water partition coefficient (Wildman–Crippen LogP) is 4.94. The lowest BCUT2D eigenvalue weighted by atomic mass is 10.2. The van der Waals surface area contributed by atoms with Crippen LogP contribution >= 0.6 is 11.6 Å². The van der Waals surface area contributed by atoms with Crippen molar-refractivity contribution in [3.63, 3.8) is 0 Å². The highest BCUT2D eigenvalue weighted by Crippen LogP contribution is 2.29. The average molecular weight is 483 g/mol. The molecule has 0 aliphatic rings. The molecule has 2 N–H and O–H groups in total. The number of aliphatic imine (C=N–C) groups is 1. The fraction of sp³-hybridized carbons (Fsp3) is 0.240. The molecule has 9 heteroatoms. The van der Waals surface area contributed by atoms with Gasteiger partial charge in [-0.25, -0.2) is 4.99 Å². The summed E-state index contributed by atoms with van der Waals surface area (Å²) < 4.78 is 16.6. The van der Waals surface area contributed by atoms with Gasteiger partial charge in [0.1, 0.15) is 5.75 Å². The number of aromatic nitrogens is 1. The van der Waals surface area contributed by atoms with Gasteiger partial charge in [-0.05, 0) is 67.9 Å². The fourth-order valence-corrected chi connectivity index (χ4v) is 3.22. The predicted molar refractivity (Wildman–Crippen MR) is 133 cm³/mol. The van der Waals surface area contributed by atoms with E-state index in [2.05, 4.69) is 20.6 Å². The van der Waals surface area contributed by atoms with Gasteiger partial charge in [0.15, 0.2) is 11.5 Å². The van der Waals surface area contributed by atoms with Crippen LogP contribution in [-0.2, 0) is 6.54 Å². The minimum atomic E-state index is -0.369. The van der Waals surface area contributed by atoms with E-state index in [-0.39, 0.29) is 11.9 Å². The molecule has 0 bridgehead atoms. The number of nitrogens with zero attached hydrogens (tertiary/aromatic N) is 2. The Morgan fingerprint density at radius 2 is 1.68 bits per heavy atom. The van der Waals surface area contributed by atoms with Crippen molar-refractivity contribution < 1.29 is 19.0 Å². The van der Waals surface area contributed by atoms with Gasteiger partial charge in [-0.15, -0.1) is 0 Å². The van der Waals surface area contributed by atoms with Crippen molar-refractivity contribution in [1.82, 2.24) is 10.3 Å². The summed E-state index contributed by atoms with van der Waals surface area (Å²) in [6, 6.07) is 13.9. The van der Waals surface area contributed by atoms with E-state index in [4.69, 9.17) is 25.8 Å². The SMILES string of the molecule is CCOc1ccc(C(=O)NC(=NCc2ccncc2)Nc2cc(Cl)ccc2OC)cc1OCC. The minimum absolute atomic E-state index is 0.231. The smallest absolute Gasteiger partial charge is 0.258 e. The third kappa shape index (κ3) is 6.86. The van der Waals surface area contributed by atoms with Gasteiger partial charge in [0.2, 0.25) is 5.96 Å². The van der Waals surface area contributed by atoms with E-state index in [1.165, 1.54) is 0 Å². The van der Waals surface area contributed by atoms with E-state index in [1.807, 2.05) is 26.0 Å². The van der Waals surface area contributed by atoms with E-state index in [1.54, 1.807) is 55.9 Å². The lowest BCUT2D eigenvalue weighted by molar-refractivity contribution is 0.0976. The van der Waals surface area contributed by atoms with Gasteiger partial charge in [0.05, 0.1) is 32.6 Å². The number of pyridine rings is 1. The van der Waals surface area contributed by atoms with Crippen LogP contribution in [0, 0.1) is 0 Å². The van der Waals surface area contributed by atoms with Crippen LogP contribution in [0.5, 0.6) is 17.2 Å². The van der Waals surface area contributed by atoms with E-state index < -0.39 is 0 Å². The quantitative estimate of drug-likeness (QED) is 0.331. The lowest BCUT2D eigenvalue weighted by Crippen LogP contribution is -2.36. The summed E-state index contributed by atoms with van der Waals surface area (Å²) in [6.45, 7) is 5.01. The average Bonchev–Trinajstić information content (AvgIpc) is 2.84. The molecule has 3 aromatic rings. The topological polar surface area (TPSA) is 94.1 Å². The standard InChI is InChI=1S/C25H27ClN4O4/c1-4-33-22-8-6-18(14-23(22)34-5-2)24(31)30-25(28-16-17-10-12-27-13-11-17)29-20-15-19(26)7-9-21(20)32-3/h6-15H,4-5,16H2,1-3H3,(H2,28,29,30,31). The monoisotopic (exact) mass is 482 g/mol. The molecule has 0 spiro atoms. The number of hydrogen-bond acceptors (Lipinski definition) is 6. The number of guanidine groups is 1. The maximum absolute atomic E-state index is 13.1. The Bertz CT molecular complexity index is 1140. The number of nitrogens with one attached hydrogen (secondary N) is 2. The van der Waals surface area contributed by atoms with E-state index >= 15 is 0 Å². The van der Waals surface area contributed by atoms with Crippen LogP contribution < -0.4 is 24.8 Å². The third-order valence-corrected chi connectivity index (χ3v) is 4.86. The van der Waals surface area contributed by atoms with Crippen molar-refractivity contribution in [2.75, 3.05) is 25.6 Å². The van der Waals surface area contributed by atoms with Crippen molar-refractivity contribution in [2.45, 2.75) is 20.4 Å². The van der Waals surface area contributed by atoms with Crippen molar-refractivity contribution in [3.8, 4) is 17.2 Å². The Morgan fingerprint density at radius 1 is 0.971 bits per heavy atom. The molecule has 3 rings (SSSR count). The van der Waals surface area contributed by atoms with Gasteiger partial charge in [0, 0.05) is 23.0 Å².